The molecular formula is C20H31N3O4. The van der Waals surface area contributed by atoms with Crippen molar-refractivity contribution in [3.05, 3.63) is 23.9 Å². The first-order valence-electron chi connectivity index (χ1n) is 9.63. The lowest BCUT2D eigenvalue weighted by Gasteiger charge is -2.53. The van der Waals surface area contributed by atoms with Crippen LogP contribution in [-0.4, -0.2) is 80.4 Å². The van der Waals surface area contributed by atoms with E-state index in [9.17, 15) is 4.79 Å². The highest BCUT2D eigenvalue weighted by molar-refractivity contribution is 5.76. The fraction of sp³-hybridized carbons (Fsp3) is 0.700. The van der Waals surface area contributed by atoms with Gasteiger partial charge in [0.15, 0.2) is 0 Å². The maximum absolute atomic E-state index is 11.5. The molecule has 2 saturated heterocycles. The van der Waals surface area contributed by atoms with Crippen molar-refractivity contribution >= 4 is 5.91 Å². The fourth-order valence-corrected chi connectivity index (χ4v) is 3.98. The van der Waals surface area contributed by atoms with Crippen molar-refractivity contribution in [3.8, 4) is 5.88 Å². The molecule has 3 rings (SSSR count). The first-order chi connectivity index (χ1) is 13.0. The highest BCUT2D eigenvalue weighted by Gasteiger charge is 2.47. The molecular weight excluding hydrogens is 346 g/mol. The average Bonchev–Trinajstić information content (AvgIpc) is 2.64. The molecule has 0 bridgehead atoms. The Labute approximate surface area is 161 Å². The number of amides is 1. The highest BCUT2D eigenvalue weighted by Crippen LogP contribution is 2.39. The third-order valence-electron chi connectivity index (χ3n) is 5.45. The lowest BCUT2D eigenvalue weighted by atomic mass is 9.79. The Balaban J connectivity index is 1.41. The van der Waals surface area contributed by atoms with Gasteiger partial charge in [0.2, 0.25) is 11.8 Å². The van der Waals surface area contributed by atoms with Gasteiger partial charge in [-0.15, -0.1) is 0 Å². The number of likely N-dealkylation sites (tertiary alicyclic amines) is 1. The molecule has 0 saturated carbocycles. The number of hydrogen-bond acceptors (Lipinski definition) is 6. The Hall–Kier alpha value is -1.70. The quantitative estimate of drug-likeness (QED) is 0.641. The zero-order valence-corrected chi connectivity index (χ0v) is 16.6. The Bertz CT molecular complexity index is 631. The van der Waals surface area contributed by atoms with Crippen molar-refractivity contribution in [1.82, 2.24) is 14.8 Å². The van der Waals surface area contributed by atoms with Crippen LogP contribution >= 0.6 is 0 Å². The van der Waals surface area contributed by atoms with Gasteiger partial charge in [0.05, 0.1) is 12.7 Å². The smallest absolute Gasteiger partial charge is 0.248 e. The molecule has 150 valence electrons. The van der Waals surface area contributed by atoms with Gasteiger partial charge in [0.1, 0.15) is 6.61 Å². The minimum atomic E-state index is -0.0161. The van der Waals surface area contributed by atoms with Crippen LogP contribution in [0.4, 0.5) is 0 Å². The number of carbonyl (C=O) groups excluding carboxylic acids is 1. The highest BCUT2D eigenvalue weighted by atomic mass is 16.5. The van der Waals surface area contributed by atoms with Crippen LogP contribution in [0.3, 0.4) is 0 Å². The maximum Gasteiger partial charge on any atom is 0.248 e. The summed E-state index contributed by atoms with van der Waals surface area (Å²) in [6, 6.07) is 4.01. The summed E-state index contributed by atoms with van der Waals surface area (Å²) < 4.78 is 17.0. The molecule has 7 nitrogen and oxygen atoms in total. The molecule has 1 unspecified atom stereocenters. The van der Waals surface area contributed by atoms with Gasteiger partial charge >= 0.3 is 0 Å². The standard InChI is InChI=1S/C20H31N3O4/c1-22(2)18(24)13-26-9-6-16-7-10-27-20(11-16)14-23(15-20)12-17-5-4-8-21-19(17)25-3/h4-5,8,16H,6-7,9-15H2,1-3H3. The van der Waals surface area contributed by atoms with Gasteiger partial charge in [-0.05, 0) is 31.2 Å². The maximum atomic E-state index is 11.5. The van der Waals surface area contributed by atoms with Gasteiger partial charge in [0, 0.05) is 58.7 Å². The van der Waals surface area contributed by atoms with Crippen molar-refractivity contribution in [2.75, 3.05) is 54.1 Å². The molecule has 1 atom stereocenters. The molecule has 0 aliphatic carbocycles. The van der Waals surface area contributed by atoms with Crippen LogP contribution < -0.4 is 4.74 Å². The largest absolute Gasteiger partial charge is 0.481 e. The molecule has 1 amide bonds. The third kappa shape index (κ3) is 5.18. The normalized spacial score (nSPS) is 21.7. The van der Waals surface area contributed by atoms with E-state index in [2.05, 4.69) is 16.0 Å². The monoisotopic (exact) mass is 377 g/mol. The predicted octanol–water partition coefficient (Wildman–Crippen LogP) is 1.57. The molecule has 2 fully saturated rings. The summed E-state index contributed by atoms with van der Waals surface area (Å²) in [4.78, 5) is 19.8. The number of nitrogens with zero attached hydrogens (tertiary/aromatic N) is 3. The molecule has 1 spiro atoms. The first-order valence-corrected chi connectivity index (χ1v) is 9.63. The Kier molecular flexibility index (Phi) is 6.68. The number of pyridine rings is 1. The van der Waals surface area contributed by atoms with Crippen LogP contribution in [0, 0.1) is 5.92 Å². The van der Waals surface area contributed by atoms with E-state index in [-0.39, 0.29) is 18.1 Å². The zero-order chi connectivity index (χ0) is 19.3. The van der Waals surface area contributed by atoms with E-state index < -0.39 is 0 Å². The predicted molar refractivity (Wildman–Crippen MR) is 102 cm³/mol. The van der Waals surface area contributed by atoms with Gasteiger partial charge in [0.25, 0.3) is 0 Å². The number of rotatable bonds is 8. The summed E-state index contributed by atoms with van der Waals surface area (Å²) in [6.07, 6.45) is 4.88. The van der Waals surface area contributed by atoms with E-state index in [1.54, 1.807) is 32.3 Å². The molecule has 1 aromatic heterocycles. The van der Waals surface area contributed by atoms with Crippen molar-refractivity contribution in [2.45, 2.75) is 31.4 Å². The molecule has 3 heterocycles. The second-order valence-electron chi connectivity index (χ2n) is 7.84. The van der Waals surface area contributed by atoms with Crippen molar-refractivity contribution in [1.29, 1.82) is 0 Å². The van der Waals surface area contributed by atoms with Gasteiger partial charge in [-0.25, -0.2) is 4.98 Å². The molecule has 1 aromatic rings. The molecule has 2 aliphatic rings. The van der Waals surface area contributed by atoms with Gasteiger partial charge < -0.3 is 19.1 Å². The number of methoxy groups -OCH3 is 1. The van der Waals surface area contributed by atoms with E-state index in [1.165, 1.54) is 0 Å². The second kappa shape index (κ2) is 8.99. The number of likely N-dealkylation sites (N-methyl/N-ethyl adjacent to an activating group) is 1. The number of aromatic nitrogens is 1. The van der Waals surface area contributed by atoms with Crippen LogP contribution in [0.5, 0.6) is 5.88 Å². The lowest BCUT2D eigenvalue weighted by Crippen LogP contribution is -2.64. The van der Waals surface area contributed by atoms with E-state index in [0.717, 1.165) is 51.1 Å². The summed E-state index contributed by atoms with van der Waals surface area (Å²) >= 11 is 0. The number of ether oxygens (including phenoxy) is 3. The molecule has 0 aromatic carbocycles. The SMILES string of the molecule is COc1ncccc1CN1CC2(CC(CCOCC(=O)N(C)C)CCO2)C1. The third-order valence-corrected chi connectivity index (χ3v) is 5.45. The Morgan fingerprint density at radius 3 is 3.00 bits per heavy atom. The Morgan fingerprint density at radius 2 is 2.26 bits per heavy atom. The minimum absolute atomic E-state index is 0.0129. The topological polar surface area (TPSA) is 64.1 Å². The van der Waals surface area contributed by atoms with Crippen LogP contribution in [-0.2, 0) is 20.8 Å². The van der Waals surface area contributed by atoms with Gasteiger partial charge in [-0.3, -0.25) is 9.69 Å². The van der Waals surface area contributed by atoms with Crippen LogP contribution in [0.15, 0.2) is 18.3 Å². The van der Waals surface area contributed by atoms with Crippen LogP contribution in [0.2, 0.25) is 0 Å². The van der Waals surface area contributed by atoms with E-state index in [1.807, 2.05) is 6.07 Å². The summed E-state index contributed by atoms with van der Waals surface area (Å²) in [5.41, 5.74) is 1.10. The first kappa shape index (κ1) is 20.0. The number of carbonyl (C=O) groups is 1. The molecule has 0 N–H and O–H groups in total. The van der Waals surface area contributed by atoms with E-state index in [4.69, 9.17) is 14.2 Å². The summed E-state index contributed by atoms with van der Waals surface area (Å²) in [5, 5.41) is 0. The Morgan fingerprint density at radius 1 is 1.44 bits per heavy atom. The molecule has 7 heteroatoms. The zero-order valence-electron chi connectivity index (χ0n) is 16.6. The summed E-state index contributed by atoms with van der Waals surface area (Å²) in [6.45, 7) is 4.34. The molecule has 0 radical (unpaired) electrons. The lowest BCUT2D eigenvalue weighted by molar-refractivity contribution is -0.182. The fourth-order valence-electron chi connectivity index (χ4n) is 3.98. The van der Waals surface area contributed by atoms with E-state index >= 15 is 0 Å². The van der Waals surface area contributed by atoms with Crippen molar-refractivity contribution in [2.24, 2.45) is 5.92 Å². The minimum Gasteiger partial charge on any atom is -0.481 e. The van der Waals surface area contributed by atoms with Crippen molar-refractivity contribution < 1.29 is 19.0 Å². The molecule has 2 aliphatic heterocycles. The van der Waals surface area contributed by atoms with Crippen molar-refractivity contribution in [3.63, 3.8) is 0 Å². The number of hydrogen-bond donors (Lipinski definition) is 0. The molecule has 27 heavy (non-hydrogen) atoms. The average molecular weight is 377 g/mol. The van der Waals surface area contributed by atoms with Crippen LogP contribution in [0.1, 0.15) is 24.8 Å². The van der Waals surface area contributed by atoms with Crippen LogP contribution in [0.25, 0.3) is 0 Å². The summed E-state index contributed by atoms with van der Waals surface area (Å²) in [5.74, 6) is 1.31. The summed E-state index contributed by atoms with van der Waals surface area (Å²) in [7, 11) is 5.15. The van der Waals surface area contributed by atoms with Gasteiger partial charge in [-0.2, -0.15) is 0 Å². The van der Waals surface area contributed by atoms with E-state index in [0.29, 0.717) is 18.4 Å². The second-order valence-corrected chi connectivity index (χ2v) is 7.84. The van der Waals surface area contributed by atoms with Gasteiger partial charge in [-0.1, -0.05) is 6.07 Å².